The van der Waals surface area contributed by atoms with E-state index >= 15 is 0 Å². The quantitative estimate of drug-likeness (QED) is 0.608. The zero-order valence-corrected chi connectivity index (χ0v) is 8.18. The predicted molar refractivity (Wildman–Crippen MR) is 52.2 cm³/mol. The Morgan fingerprint density at radius 1 is 1.77 bits per heavy atom. The molecule has 1 aromatic rings. The van der Waals surface area contributed by atoms with E-state index in [4.69, 9.17) is 5.73 Å². The molecule has 6 heteroatoms. The van der Waals surface area contributed by atoms with Crippen molar-refractivity contribution in [3.05, 3.63) is 17.5 Å². The molecule has 0 spiro atoms. The molecule has 5 nitrogen and oxygen atoms in total. The summed E-state index contributed by atoms with van der Waals surface area (Å²) in [5, 5.41) is 6.20. The summed E-state index contributed by atoms with van der Waals surface area (Å²) in [4.78, 5) is 11.3. The lowest BCUT2D eigenvalue weighted by atomic mass is 10.3. The average molecular weight is 198 g/mol. The Labute approximate surface area is 80.9 Å². The van der Waals surface area contributed by atoms with Gasteiger partial charge < -0.3 is 5.73 Å². The maximum atomic E-state index is 11.3. The van der Waals surface area contributed by atoms with Gasteiger partial charge in [-0.3, -0.25) is 14.8 Å². The number of nitrogens with one attached hydrogen (secondary N) is 1. The number of nitrogens with two attached hydrogens (primary N) is 1. The van der Waals surface area contributed by atoms with Crippen LogP contribution in [0.2, 0.25) is 0 Å². The van der Waals surface area contributed by atoms with Gasteiger partial charge in [-0.05, 0) is 25.2 Å². The van der Waals surface area contributed by atoms with Crippen LogP contribution in [0.1, 0.15) is 16.2 Å². The first-order chi connectivity index (χ1) is 6.00. The molecule has 0 aromatic carbocycles. The van der Waals surface area contributed by atoms with Gasteiger partial charge in [-0.15, -0.1) is 0 Å². The number of thiocarbonyl (C=S) groups is 1. The van der Waals surface area contributed by atoms with Crippen LogP contribution in [0.5, 0.6) is 0 Å². The van der Waals surface area contributed by atoms with Crippen LogP contribution < -0.4 is 11.1 Å². The monoisotopic (exact) mass is 198 g/mol. The third-order valence-corrected chi connectivity index (χ3v) is 1.69. The number of hydrogen-bond donors (Lipinski definition) is 2. The van der Waals surface area contributed by atoms with Gasteiger partial charge in [0.2, 0.25) is 0 Å². The van der Waals surface area contributed by atoms with Crippen LogP contribution in [0.15, 0.2) is 6.07 Å². The van der Waals surface area contributed by atoms with Crippen molar-refractivity contribution in [3.8, 4) is 0 Å². The number of carbonyl (C=O) groups excluding carboxylic acids is 1. The third-order valence-electron chi connectivity index (χ3n) is 1.58. The Kier molecular flexibility index (Phi) is 2.62. The SMILES string of the molecule is Cc1cc(C(=O)NC(N)=S)nn1C. The fraction of sp³-hybridized carbons (Fsp3) is 0.286. The highest BCUT2D eigenvalue weighted by Crippen LogP contribution is 2.00. The van der Waals surface area contributed by atoms with Gasteiger partial charge in [0.15, 0.2) is 10.8 Å². The Balaban J connectivity index is 2.83. The Morgan fingerprint density at radius 3 is 2.77 bits per heavy atom. The molecular formula is C7H10N4OS. The van der Waals surface area contributed by atoms with Crippen molar-refractivity contribution >= 4 is 23.2 Å². The second-order valence-electron chi connectivity index (χ2n) is 2.61. The smallest absolute Gasteiger partial charge is 0.277 e. The summed E-state index contributed by atoms with van der Waals surface area (Å²) in [7, 11) is 1.76. The predicted octanol–water partition coefficient (Wildman–Crippen LogP) is -0.298. The van der Waals surface area contributed by atoms with Crippen LogP contribution in [0.3, 0.4) is 0 Å². The molecule has 0 atom stereocenters. The van der Waals surface area contributed by atoms with Crippen LogP contribution in [0.25, 0.3) is 0 Å². The maximum absolute atomic E-state index is 11.3. The normalized spacial score (nSPS) is 9.69. The molecule has 0 aliphatic heterocycles. The van der Waals surface area contributed by atoms with E-state index in [0.717, 1.165) is 5.69 Å². The molecule has 13 heavy (non-hydrogen) atoms. The lowest BCUT2D eigenvalue weighted by Gasteiger charge is -1.97. The van der Waals surface area contributed by atoms with E-state index in [2.05, 4.69) is 22.6 Å². The highest BCUT2D eigenvalue weighted by molar-refractivity contribution is 7.80. The molecule has 1 heterocycles. The number of aromatic nitrogens is 2. The summed E-state index contributed by atoms with van der Waals surface area (Å²) >= 11 is 4.52. The van der Waals surface area contributed by atoms with Crippen molar-refractivity contribution in [2.75, 3.05) is 0 Å². The molecular weight excluding hydrogens is 188 g/mol. The Morgan fingerprint density at radius 2 is 2.38 bits per heavy atom. The zero-order chi connectivity index (χ0) is 10.0. The van der Waals surface area contributed by atoms with Gasteiger partial charge in [0.1, 0.15) is 0 Å². The molecule has 3 N–H and O–H groups in total. The molecule has 70 valence electrons. The second kappa shape index (κ2) is 3.53. The van der Waals surface area contributed by atoms with E-state index in [-0.39, 0.29) is 11.0 Å². The average Bonchev–Trinajstić information content (AvgIpc) is 2.31. The van der Waals surface area contributed by atoms with Crippen LogP contribution in [0.4, 0.5) is 0 Å². The van der Waals surface area contributed by atoms with Gasteiger partial charge in [-0.1, -0.05) is 0 Å². The maximum Gasteiger partial charge on any atom is 0.277 e. The topological polar surface area (TPSA) is 72.9 Å². The van der Waals surface area contributed by atoms with E-state index in [0.29, 0.717) is 5.69 Å². The number of amides is 1. The van der Waals surface area contributed by atoms with E-state index in [1.54, 1.807) is 17.8 Å². The van der Waals surface area contributed by atoms with Crippen molar-refractivity contribution in [2.24, 2.45) is 12.8 Å². The summed E-state index contributed by atoms with van der Waals surface area (Å²) in [5.74, 6) is -0.379. The molecule has 1 amide bonds. The molecule has 0 saturated carbocycles. The number of carbonyl (C=O) groups is 1. The first-order valence-corrected chi connectivity index (χ1v) is 4.03. The van der Waals surface area contributed by atoms with Crippen LogP contribution >= 0.6 is 12.2 Å². The van der Waals surface area contributed by atoms with Crippen LogP contribution in [0, 0.1) is 6.92 Å². The van der Waals surface area contributed by atoms with Crippen molar-refractivity contribution in [2.45, 2.75) is 6.92 Å². The summed E-state index contributed by atoms with van der Waals surface area (Å²) < 4.78 is 1.61. The highest BCUT2D eigenvalue weighted by atomic mass is 32.1. The number of aryl methyl sites for hydroxylation is 2. The summed E-state index contributed by atoms with van der Waals surface area (Å²) in [6.07, 6.45) is 0. The lowest BCUT2D eigenvalue weighted by Crippen LogP contribution is -2.34. The molecule has 0 aliphatic rings. The van der Waals surface area contributed by atoms with E-state index in [1.165, 1.54) is 0 Å². The summed E-state index contributed by atoms with van der Waals surface area (Å²) in [6, 6.07) is 1.66. The lowest BCUT2D eigenvalue weighted by molar-refractivity contribution is 0.0972. The highest BCUT2D eigenvalue weighted by Gasteiger charge is 2.10. The molecule has 0 unspecified atom stereocenters. The second-order valence-corrected chi connectivity index (χ2v) is 3.05. The molecule has 0 bridgehead atoms. The summed E-state index contributed by atoms with van der Waals surface area (Å²) in [6.45, 7) is 1.85. The molecule has 1 rings (SSSR count). The standard InChI is InChI=1S/C7H10N4OS/c1-4-3-5(10-11(4)2)6(12)9-7(8)13/h3H,1-2H3,(H3,8,9,12,13). The van der Waals surface area contributed by atoms with Gasteiger partial charge in [-0.25, -0.2) is 0 Å². The van der Waals surface area contributed by atoms with Crippen molar-refractivity contribution in [1.29, 1.82) is 0 Å². The Hall–Kier alpha value is -1.43. The minimum atomic E-state index is -0.379. The van der Waals surface area contributed by atoms with Crippen LogP contribution in [-0.2, 0) is 7.05 Å². The van der Waals surface area contributed by atoms with E-state index in [1.807, 2.05) is 6.92 Å². The number of rotatable bonds is 1. The molecule has 0 aliphatic carbocycles. The van der Waals surface area contributed by atoms with Gasteiger partial charge in [0.05, 0.1) is 0 Å². The van der Waals surface area contributed by atoms with Crippen molar-refractivity contribution in [3.63, 3.8) is 0 Å². The molecule has 0 radical (unpaired) electrons. The van der Waals surface area contributed by atoms with Crippen molar-refractivity contribution < 1.29 is 4.79 Å². The van der Waals surface area contributed by atoms with Crippen LogP contribution in [-0.4, -0.2) is 20.8 Å². The third kappa shape index (κ3) is 2.25. The minimum Gasteiger partial charge on any atom is -0.376 e. The van der Waals surface area contributed by atoms with Gasteiger partial charge >= 0.3 is 0 Å². The Bertz CT molecular complexity index is 338. The van der Waals surface area contributed by atoms with Gasteiger partial charge in [0, 0.05) is 12.7 Å². The largest absolute Gasteiger partial charge is 0.376 e. The fourth-order valence-electron chi connectivity index (χ4n) is 0.848. The molecule has 0 fully saturated rings. The van der Waals surface area contributed by atoms with E-state index < -0.39 is 0 Å². The number of hydrogen-bond acceptors (Lipinski definition) is 3. The number of nitrogens with zero attached hydrogens (tertiary/aromatic N) is 2. The van der Waals surface area contributed by atoms with Gasteiger partial charge in [-0.2, -0.15) is 5.10 Å². The molecule has 0 saturated heterocycles. The van der Waals surface area contributed by atoms with E-state index in [9.17, 15) is 4.79 Å². The minimum absolute atomic E-state index is 0.0479. The summed E-state index contributed by atoms with van der Waals surface area (Å²) in [5.41, 5.74) is 6.35. The van der Waals surface area contributed by atoms with Gasteiger partial charge in [0.25, 0.3) is 5.91 Å². The molecule has 1 aromatic heterocycles. The first kappa shape index (κ1) is 9.66. The fourth-order valence-corrected chi connectivity index (χ4v) is 0.940. The first-order valence-electron chi connectivity index (χ1n) is 3.62. The van der Waals surface area contributed by atoms with Crippen molar-refractivity contribution in [1.82, 2.24) is 15.1 Å². The zero-order valence-electron chi connectivity index (χ0n) is 7.37.